The SMILES string of the molecule is COc1c(CC#N)c2c(c3c1OC(C)(C)C3)C(c1cccc(C(=O)O)c1)=NC(C)(C)C2.Cl. The molecule has 4 rings (SSSR count). The molecule has 2 aromatic carbocycles. The minimum atomic E-state index is -0.979. The highest BCUT2D eigenvalue weighted by atomic mass is 35.5. The first-order valence-corrected chi connectivity index (χ1v) is 10.3. The number of carboxylic acid groups (broad SMARTS) is 1. The molecule has 0 aromatic heterocycles. The number of aliphatic imine (C=N–C) groups is 1. The summed E-state index contributed by atoms with van der Waals surface area (Å²) < 4.78 is 12.1. The van der Waals surface area contributed by atoms with E-state index >= 15 is 0 Å². The van der Waals surface area contributed by atoms with Gasteiger partial charge in [-0.05, 0) is 51.8 Å². The van der Waals surface area contributed by atoms with E-state index in [4.69, 9.17) is 14.5 Å². The van der Waals surface area contributed by atoms with Crippen molar-refractivity contribution < 1.29 is 19.4 Å². The van der Waals surface area contributed by atoms with E-state index in [1.54, 1.807) is 25.3 Å². The predicted octanol–water partition coefficient (Wildman–Crippen LogP) is 4.77. The Labute approximate surface area is 194 Å². The van der Waals surface area contributed by atoms with E-state index in [1.807, 2.05) is 33.8 Å². The van der Waals surface area contributed by atoms with Crippen LogP contribution in [0.3, 0.4) is 0 Å². The molecule has 0 saturated heterocycles. The number of carboxylic acids is 1. The minimum Gasteiger partial charge on any atom is -0.493 e. The first-order chi connectivity index (χ1) is 14.6. The highest BCUT2D eigenvalue weighted by Crippen LogP contribution is 2.50. The number of benzene rings is 2. The van der Waals surface area contributed by atoms with Gasteiger partial charge in [0.15, 0.2) is 11.5 Å². The van der Waals surface area contributed by atoms with Crippen molar-refractivity contribution in [2.75, 3.05) is 7.11 Å². The number of rotatable bonds is 4. The Kier molecular flexibility index (Phi) is 6.01. The van der Waals surface area contributed by atoms with Gasteiger partial charge in [-0.25, -0.2) is 4.79 Å². The summed E-state index contributed by atoms with van der Waals surface area (Å²) in [6.07, 6.45) is 1.53. The Morgan fingerprint density at radius 3 is 2.59 bits per heavy atom. The van der Waals surface area contributed by atoms with Crippen LogP contribution in [0.4, 0.5) is 0 Å². The number of hydrogen-bond donors (Lipinski definition) is 1. The maximum Gasteiger partial charge on any atom is 0.335 e. The third-order valence-corrected chi connectivity index (χ3v) is 5.81. The number of hydrogen-bond acceptors (Lipinski definition) is 5. The highest BCUT2D eigenvalue weighted by molar-refractivity contribution is 6.17. The first kappa shape index (κ1) is 23.6. The number of carbonyl (C=O) groups is 1. The predicted molar refractivity (Wildman–Crippen MR) is 125 cm³/mol. The number of aromatic carboxylic acids is 1. The van der Waals surface area contributed by atoms with Gasteiger partial charge < -0.3 is 14.6 Å². The van der Waals surface area contributed by atoms with Crippen molar-refractivity contribution in [2.45, 2.75) is 58.1 Å². The van der Waals surface area contributed by atoms with Crippen LogP contribution in [-0.4, -0.2) is 35.0 Å². The molecule has 32 heavy (non-hydrogen) atoms. The second-order valence-electron chi connectivity index (χ2n) is 9.38. The summed E-state index contributed by atoms with van der Waals surface area (Å²) in [5.41, 5.74) is 4.68. The van der Waals surface area contributed by atoms with Gasteiger partial charge in [-0.3, -0.25) is 4.99 Å². The van der Waals surface area contributed by atoms with Gasteiger partial charge >= 0.3 is 5.97 Å². The van der Waals surface area contributed by atoms with E-state index in [0.29, 0.717) is 24.3 Å². The summed E-state index contributed by atoms with van der Waals surface area (Å²) in [5.74, 6) is 0.308. The van der Waals surface area contributed by atoms with Crippen LogP contribution < -0.4 is 9.47 Å². The fraction of sp³-hybridized carbons (Fsp3) is 0.400. The number of nitriles is 1. The summed E-state index contributed by atoms with van der Waals surface area (Å²) >= 11 is 0. The molecule has 0 aliphatic carbocycles. The van der Waals surface area contributed by atoms with Crippen molar-refractivity contribution in [1.29, 1.82) is 5.26 Å². The van der Waals surface area contributed by atoms with Crippen molar-refractivity contribution in [3.05, 3.63) is 57.6 Å². The molecular formula is C25H27ClN2O4. The molecule has 168 valence electrons. The molecular weight excluding hydrogens is 428 g/mol. The van der Waals surface area contributed by atoms with Crippen molar-refractivity contribution in [1.82, 2.24) is 0 Å². The summed E-state index contributed by atoms with van der Waals surface area (Å²) in [5, 5.41) is 19.1. The van der Waals surface area contributed by atoms with Crippen LogP contribution >= 0.6 is 12.4 Å². The van der Waals surface area contributed by atoms with E-state index in [0.717, 1.165) is 33.5 Å². The summed E-state index contributed by atoms with van der Waals surface area (Å²) in [6, 6.07) is 9.14. The molecule has 0 bridgehead atoms. The van der Waals surface area contributed by atoms with Gasteiger partial charge in [0.25, 0.3) is 0 Å². The summed E-state index contributed by atoms with van der Waals surface area (Å²) in [6.45, 7) is 8.15. The van der Waals surface area contributed by atoms with Gasteiger partial charge in [-0.15, -0.1) is 12.4 Å². The monoisotopic (exact) mass is 454 g/mol. The number of ether oxygens (including phenoxy) is 2. The zero-order valence-electron chi connectivity index (χ0n) is 18.9. The number of methoxy groups -OCH3 is 1. The topological polar surface area (TPSA) is 91.9 Å². The molecule has 0 atom stereocenters. The van der Waals surface area contributed by atoms with Crippen LogP contribution in [0.25, 0.3) is 0 Å². The van der Waals surface area contributed by atoms with Crippen molar-refractivity contribution in [2.24, 2.45) is 4.99 Å². The second-order valence-corrected chi connectivity index (χ2v) is 9.38. The van der Waals surface area contributed by atoms with Gasteiger partial charge in [-0.1, -0.05) is 12.1 Å². The van der Waals surface area contributed by atoms with E-state index in [1.165, 1.54) is 0 Å². The lowest BCUT2D eigenvalue weighted by Crippen LogP contribution is -2.31. The maximum absolute atomic E-state index is 11.6. The molecule has 0 amide bonds. The molecule has 1 N–H and O–H groups in total. The largest absolute Gasteiger partial charge is 0.493 e. The molecule has 2 aromatic rings. The van der Waals surface area contributed by atoms with Crippen LogP contribution in [0, 0.1) is 11.3 Å². The maximum atomic E-state index is 11.6. The first-order valence-electron chi connectivity index (χ1n) is 10.3. The molecule has 0 spiro atoms. The zero-order valence-corrected chi connectivity index (χ0v) is 19.7. The van der Waals surface area contributed by atoms with Gasteiger partial charge in [0.1, 0.15) is 5.60 Å². The molecule has 7 heteroatoms. The summed E-state index contributed by atoms with van der Waals surface area (Å²) in [4.78, 5) is 16.6. The van der Waals surface area contributed by atoms with Crippen molar-refractivity contribution >= 4 is 24.1 Å². The Bertz CT molecular complexity index is 1180. The van der Waals surface area contributed by atoms with Crippen LogP contribution in [-0.2, 0) is 19.3 Å². The third kappa shape index (κ3) is 3.93. The van der Waals surface area contributed by atoms with Crippen LogP contribution in [0.1, 0.15) is 65.9 Å². The third-order valence-electron chi connectivity index (χ3n) is 5.81. The highest BCUT2D eigenvalue weighted by Gasteiger charge is 2.41. The number of nitrogens with zero attached hydrogens (tertiary/aromatic N) is 2. The average molecular weight is 455 g/mol. The van der Waals surface area contributed by atoms with Crippen molar-refractivity contribution in [3.8, 4) is 17.6 Å². The van der Waals surface area contributed by atoms with Crippen molar-refractivity contribution in [3.63, 3.8) is 0 Å². The fourth-order valence-electron chi connectivity index (χ4n) is 4.67. The average Bonchev–Trinajstić information content (AvgIpc) is 3.01. The lowest BCUT2D eigenvalue weighted by Gasteiger charge is -2.32. The Morgan fingerprint density at radius 2 is 1.97 bits per heavy atom. The number of fused-ring (bicyclic) bond motifs is 3. The Hall–Kier alpha value is -3.04. The Balaban J connectivity index is 0.00000289. The molecule has 2 aliphatic heterocycles. The molecule has 0 unspecified atom stereocenters. The van der Waals surface area contributed by atoms with E-state index in [-0.39, 0.29) is 24.4 Å². The van der Waals surface area contributed by atoms with E-state index in [2.05, 4.69) is 6.07 Å². The molecule has 0 fully saturated rings. The Morgan fingerprint density at radius 1 is 1.25 bits per heavy atom. The van der Waals surface area contributed by atoms with Crippen LogP contribution in [0.5, 0.6) is 11.5 Å². The molecule has 2 aliphatic rings. The van der Waals surface area contributed by atoms with Gasteiger partial charge in [-0.2, -0.15) is 5.26 Å². The molecule has 0 saturated carbocycles. The second kappa shape index (κ2) is 8.14. The smallest absolute Gasteiger partial charge is 0.335 e. The fourth-order valence-corrected chi connectivity index (χ4v) is 4.67. The normalized spacial score (nSPS) is 17.1. The quantitative estimate of drug-likeness (QED) is 0.718. The number of halogens is 1. The van der Waals surface area contributed by atoms with Gasteiger partial charge in [0.2, 0.25) is 0 Å². The van der Waals surface area contributed by atoms with Gasteiger partial charge in [0.05, 0.1) is 36.4 Å². The minimum absolute atomic E-state index is 0. The standard InChI is InChI=1S/C25H26N2O4.ClH/c1-24(2)12-17-16(9-10-26)21(30-5)22-18(13-25(3,4)31-22)19(17)20(27-24)14-7-6-8-15(11-14)23(28)29;/h6-8,11H,9,12-13H2,1-5H3,(H,28,29);1H. The van der Waals surface area contributed by atoms with Crippen LogP contribution in [0.2, 0.25) is 0 Å². The van der Waals surface area contributed by atoms with Gasteiger partial charge in [0, 0.05) is 28.7 Å². The molecule has 0 radical (unpaired) electrons. The lowest BCUT2D eigenvalue weighted by molar-refractivity contribution is 0.0697. The molecule has 2 heterocycles. The van der Waals surface area contributed by atoms with Crippen LogP contribution in [0.15, 0.2) is 29.3 Å². The van der Waals surface area contributed by atoms with E-state index in [9.17, 15) is 15.2 Å². The zero-order chi connectivity index (χ0) is 22.6. The van der Waals surface area contributed by atoms with E-state index < -0.39 is 17.1 Å². The molecule has 6 nitrogen and oxygen atoms in total. The lowest BCUT2D eigenvalue weighted by atomic mass is 9.78. The summed E-state index contributed by atoms with van der Waals surface area (Å²) in [7, 11) is 1.61.